The maximum atomic E-state index is 12.8. The molecule has 1 aliphatic rings. The van der Waals surface area contributed by atoms with E-state index >= 15 is 0 Å². The molecule has 0 aromatic heterocycles. The van der Waals surface area contributed by atoms with Gasteiger partial charge in [-0.3, -0.25) is 0 Å². The van der Waals surface area contributed by atoms with Crippen LogP contribution in [0.2, 0.25) is 0 Å². The molecule has 4 nitrogen and oxygen atoms in total. The normalized spacial score (nSPS) is 24.1. The third-order valence-electron chi connectivity index (χ3n) is 3.30. The van der Waals surface area contributed by atoms with E-state index in [1.807, 2.05) is 18.7 Å². The lowest BCUT2D eigenvalue weighted by Crippen LogP contribution is -2.54. The van der Waals surface area contributed by atoms with Gasteiger partial charge in [-0.1, -0.05) is 12.1 Å². The Morgan fingerprint density at radius 3 is 2.30 bits per heavy atom. The van der Waals surface area contributed by atoms with Gasteiger partial charge in [-0.05, 0) is 26.0 Å². The molecule has 112 valence electrons. The van der Waals surface area contributed by atoms with Crippen molar-refractivity contribution in [3.05, 3.63) is 24.3 Å². The molecule has 1 aromatic rings. The van der Waals surface area contributed by atoms with Crippen molar-refractivity contribution in [2.45, 2.75) is 36.6 Å². The largest absolute Gasteiger partial charge is 0.367 e. The monoisotopic (exact) mass is 304 g/mol. The second kappa shape index (κ2) is 5.65. The summed E-state index contributed by atoms with van der Waals surface area (Å²) < 4.78 is 49.1. The number of hydrogen-bond acceptors (Lipinski definition) is 4. The number of anilines is 1. The molecule has 2 atom stereocenters. The first-order valence-electron chi connectivity index (χ1n) is 6.44. The van der Waals surface area contributed by atoms with E-state index in [4.69, 9.17) is 0 Å². The highest BCUT2D eigenvalue weighted by atomic mass is 32.2. The summed E-state index contributed by atoms with van der Waals surface area (Å²) in [5.74, 6) is -3.40. The zero-order valence-electron chi connectivity index (χ0n) is 11.4. The molecule has 1 aromatic carbocycles. The van der Waals surface area contributed by atoms with Crippen molar-refractivity contribution in [3.8, 4) is 0 Å². The molecular weight excluding hydrogens is 286 g/mol. The Bertz CT molecular complexity index is 567. The van der Waals surface area contributed by atoms with Crippen molar-refractivity contribution in [2.75, 3.05) is 18.0 Å². The molecule has 2 unspecified atom stereocenters. The minimum Gasteiger partial charge on any atom is -0.367 e. The Morgan fingerprint density at radius 1 is 1.20 bits per heavy atom. The van der Waals surface area contributed by atoms with Gasteiger partial charge in [0.2, 0.25) is 9.84 Å². The van der Waals surface area contributed by atoms with Crippen LogP contribution in [0.15, 0.2) is 29.2 Å². The molecule has 7 heteroatoms. The number of piperazine rings is 1. The van der Waals surface area contributed by atoms with Gasteiger partial charge in [0, 0.05) is 25.2 Å². The Labute approximate surface area is 117 Å². The molecule has 2 rings (SSSR count). The first-order valence-corrected chi connectivity index (χ1v) is 7.99. The molecule has 1 heterocycles. The first-order chi connectivity index (χ1) is 9.32. The summed E-state index contributed by atoms with van der Waals surface area (Å²) in [6.07, 6.45) is 0. The van der Waals surface area contributed by atoms with Crippen molar-refractivity contribution in [1.82, 2.24) is 5.32 Å². The summed E-state index contributed by atoms with van der Waals surface area (Å²) in [5, 5.41) is 3.32. The van der Waals surface area contributed by atoms with E-state index in [1.165, 1.54) is 12.1 Å². The fraction of sp³-hybridized carbons (Fsp3) is 0.538. The minimum absolute atomic E-state index is 0.168. The third-order valence-corrected chi connectivity index (χ3v) is 4.73. The average Bonchev–Trinajstić information content (AvgIpc) is 2.37. The topological polar surface area (TPSA) is 49.4 Å². The summed E-state index contributed by atoms with van der Waals surface area (Å²) in [4.78, 5) is 1.55. The molecule has 20 heavy (non-hydrogen) atoms. The molecule has 0 aliphatic carbocycles. The maximum Gasteiger partial charge on any atom is 0.341 e. The van der Waals surface area contributed by atoms with Crippen LogP contribution in [0, 0.1) is 0 Å². The molecule has 0 amide bonds. The van der Waals surface area contributed by atoms with Gasteiger partial charge < -0.3 is 10.2 Å². The Kier molecular flexibility index (Phi) is 4.29. The average molecular weight is 304 g/mol. The zero-order valence-corrected chi connectivity index (χ0v) is 12.2. The van der Waals surface area contributed by atoms with Crippen LogP contribution in [-0.2, 0) is 9.84 Å². The van der Waals surface area contributed by atoms with Crippen LogP contribution in [0.1, 0.15) is 13.8 Å². The van der Waals surface area contributed by atoms with Crippen molar-refractivity contribution >= 4 is 15.5 Å². The molecule has 1 fully saturated rings. The number of sulfone groups is 1. The second-order valence-electron chi connectivity index (χ2n) is 5.15. The Hall–Kier alpha value is -1.21. The lowest BCUT2D eigenvalue weighted by Gasteiger charge is -2.38. The van der Waals surface area contributed by atoms with Crippen molar-refractivity contribution in [1.29, 1.82) is 0 Å². The SMILES string of the molecule is CC1CN(c2ccccc2S(=O)(=O)C(F)F)CC(C)N1. The number of halogens is 2. The van der Waals surface area contributed by atoms with E-state index in [1.54, 1.807) is 12.1 Å². The van der Waals surface area contributed by atoms with Gasteiger partial charge in [-0.2, -0.15) is 8.78 Å². The smallest absolute Gasteiger partial charge is 0.341 e. The van der Waals surface area contributed by atoms with Gasteiger partial charge in [0.25, 0.3) is 0 Å². The highest BCUT2D eigenvalue weighted by Gasteiger charge is 2.32. The standard InChI is InChI=1S/C13H18F2N2O2S/c1-9-7-17(8-10(2)16-9)11-5-3-4-6-12(11)20(18,19)13(14)15/h3-6,9-10,13,16H,7-8H2,1-2H3. The highest BCUT2D eigenvalue weighted by molar-refractivity contribution is 7.91. The van der Waals surface area contributed by atoms with Crippen molar-refractivity contribution < 1.29 is 17.2 Å². The first kappa shape index (κ1) is 15.2. The number of nitrogens with one attached hydrogen (secondary N) is 1. The number of para-hydroxylation sites is 1. The number of benzene rings is 1. The number of alkyl halides is 2. The van der Waals surface area contributed by atoms with Crippen LogP contribution in [0.4, 0.5) is 14.5 Å². The molecule has 1 aliphatic heterocycles. The van der Waals surface area contributed by atoms with Crippen molar-refractivity contribution in [2.24, 2.45) is 0 Å². The Balaban J connectivity index is 2.43. The maximum absolute atomic E-state index is 12.8. The lowest BCUT2D eigenvalue weighted by molar-refractivity contribution is 0.234. The van der Waals surface area contributed by atoms with E-state index in [2.05, 4.69) is 5.32 Å². The van der Waals surface area contributed by atoms with Crippen LogP contribution in [-0.4, -0.2) is 39.3 Å². The van der Waals surface area contributed by atoms with E-state index < -0.39 is 15.6 Å². The second-order valence-corrected chi connectivity index (χ2v) is 7.03. The van der Waals surface area contributed by atoms with Gasteiger partial charge in [0.15, 0.2) is 0 Å². The quantitative estimate of drug-likeness (QED) is 0.926. The molecular formula is C13H18F2N2O2S. The van der Waals surface area contributed by atoms with Gasteiger partial charge in [-0.15, -0.1) is 0 Å². The number of hydrogen-bond donors (Lipinski definition) is 1. The van der Waals surface area contributed by atoms with Crippen LogP contribution >= 0.6 is 0 Å². The lowest BCUT2D eigenvalue weighted by atomic mass is 10.1. The third kappa shape index (κ3) is 2.93. The van der Waals surface area contributed by atoms with E-state index in [0.717, 1.165) is 0 Å². The Morgan fingerprint density at radius 2 is 1.75 bits per heavy atom. The van der Waals surface area contributed by atoms with Gasteiger partial charge in [0.05, 0.1) is 10.6 Å². The summed E-state index contributed by atoms with van der Waals surface area (Å²) in [6, 6.07) is 6.29. The zero-order chi connectivity index (χ0) is 14.9. The molecule has 0 saturated carbocycles. The van der Waals surface area contributed by atoms with Gasteiger partial charge in [0.1, 0.15) is 0 Å². The summed E-state index contributed by atoms with van der Waals surface area (Å²) in [6.45, 7) is 5.12. The predicted octanol–water partition coefficient (Wildman–Crippen LogP) is 1.87. The molecule has 1 saturated heterocycles. The van der Waals surface area contributed by atoms with Crippen LogP contribution < -0.4 is 10.2 Å². The highest BCUT2D eigenvalue weighted by Crippen LogP contribution is 2.30. The van der Waals surface area contributed by atoms with E-state index in [9.17, 15) is 17.2 Å². The van der Waals surface area contributed by atoms with Crippen LogP contribution in [0.5, 0.6) is 0 Å². The predicted molar refractivity (Wildman–Crippen MR) is 73.9 cm³/mol. The summed E-state index contributed by atoms with van der Waals surface area (Å²) in [7, 11) is -4.59. The number of rotatable bonds is 3. The molecule has 0 spiro atoms. The molecule has 0 bridgehead atoms. The van der Waals surface area contributed by atoms with Crippen LogP contribution in [0.25, 0.3) is 0 Å². The molecule has 1 N–H and O–H groups in total. The summed E-state index contributed by atoms with van der Waals surface area (Å²) in [5.41, 5.74) is 0.355. The fourth-order valence-electron chi connectivity index (χ4n) is 2.58. The van der Waals surface area contributed by atoms with E-state index in [0.29, 0.717) is 18.8 Å². The van der Waals surface area contributed by atoms with Crippen LogP contribution in [0.3, 0.4) is 0 Å². The molecule has 0 radical (unpaired) electrons. The minimum atomic E-state index is -4.59. The van der Waals surface area contributed by atoms with E-state index in [-0.39, 0.29) is 17.0 Å². The number of nitrogens with zero attached hydrogens (tertiary/aromatic N) is 1. The van der Waals surface area contributed by atoms with Gasteiger partial charge in [-0.25, -0.2) is 8.42 Å². The van der Waals surface area contributed by atoms with Gasteiger partial charge >= 0.3 is 5.76 Å². The summed E-state index contributed by atoms with van der Waals surface area (Å²) >= 11 is 0. The van der Waals surface area contributed by atoms with Crippen molar-refractivity contribution in [3.63, 3.8) is 0 Å². The fourth-order valence-corrected chi connectivity index (χ4v) is 3.53.